The molecule has 1 atom stereocenters. The van der Waals surface area contributed by atoms with Crippen LogP contribution in [0.1, 0.15) is 29.4 Å². The van der Waals surface area contributed by atoms with Gasteiger partial charge in [0, 0.05) is 38.3 Å². The maximum absolute atomic E-state index is 12.0. The Kier molecular flexibility index (Phi) is 6.85. The normalized spacial score (nSPS) is 11.5. The number of benzene rings is 1. The number of aliphatic hydroxyl groups is 1. The maximum Gasteiger partial charge on any atom is 0.270 e. The van der Waals surface area contributed by atoms with Gasteiger partial charge in [0.25, 0.3) is 5.91 Å². The number of carbonyl (C=O) groups is 2. The highest BCUT2D eigenvalue weighted by Gasteiger charge is 2.19. The summed E-state index contributed by atoms with van der Waals surface area (Å²) in [7, 11) is 1.64. The van der Waals surface area contributed by atoms with Crippen molar-refractivity contribution in [1.82, 2.24) is 19.7 Å². The number of carbonyl (C=O) groups excluding carboxylic acids is 2. The largest absolute Gasteiger partial charge is 0.380 e. The Morgan fingerprint density at radius 1 is 1.42 bits per heavy atom. The number of nitrogens with zero attached hydrogens (tertiary/aromatic N) is 4. The van der Waals surface area contributed by atoms with Crippen molar-refractivity contribution in [2.24, 2.45) is 5.73 Å². The first-order valence-corrected chi connectivity index (χ1v) is 9.81. The van der Waals surface area contributed by atoms with Gasteiger partial charge in [-0.15, -0.1) is 0 Å². The zero-order chi connectivity index (χ0) is 22.4. The van der Waals surface area contributed by atoms with Crippen LogP contribution >= 0.6 is 0 Å². The minimum absolute atomic E-state index is 0.130. The first kappa shape index (κ1) is 21.8. The van der Waals surface area contributed by atoms with E-state index in [1.807, 2.05) is 31.2 Å². The van der Waals surface area contributed by atoms with Gasteiger partial charge in [0.1, 0.15) is 11.9 Å². The molecule has 0 aliphatic carbocycles. The van der Waals surface area contributed by atoms with E-state index in [1.54, 1.807) is 24.0 Å². The molecule has 3 aromatic rings. The van der Waals surface area contributed by atoms with Crippen LogP contribution in [0.2, 0.25) is 0 Å². The number of amides is 2. The van der Waals surface area contributed by atoms with Gasteiger partial charge < -0.3 is 21.1 Å². The predicted molar refractivity (Wildman–Crippen MR) is 118 cm³/mol. The molecule has 0 aliphatic rings. The molecule has 0 aliphatic heterocycles. The van der Waals surface area contributed by atoms with Crippen LogP contribution in [0.3, 0.4) is 0 Å². The predicted octanol–water partition coefficient (Wildman–Crippen LogP) is 1.14. The second kappa shape index (κ2) is 9.73. The van der Waals surface area contributed by atoms with Crippen LogP contribution in [-0.2, 0) is 4.79 Å². The fourth-order valence-corrected chi connectivity index (χ4v) is 3.07. The van der Waals surface area contributed by atoms with Gasteiger partial charge in [-0.25, -0.2) is 9.67 Å². The summed E-state index contributed by atoms with van der Waals surface area (Å²) in [6, 6.07) is 9.04. The number of fused-ring (bicyclic) bond motifs is 1. The highest BCUT2D eigenvalue weighted by Crippen LogP contribution is 2.27. The molecule has 1 aromatic carbocycles. The van der Waals surface area contributed by atoms with Crippen LogP contribution < -0.4 is 11.1 Å². The Morgan fingerprint density at radius 3 is 2.94 bits per heavy atom. The lowest BCUT2D eigenvalue weighted by Crippen LogP contribution is -2.21. The van der Waals surface area contributed by atoms with Gasteiger partial charge in [0.05, 0.1) is 16.6 Å². The Hall–Kier alpha value is -3.90. The third-order valence-corrected chi connectivity index (χ3v) is 4.58. The van der Waals surface area contributed by atoms with Crippen molar-refractivity contribution >= 4 is 29.0 Å². The molecule has 0 bridgehead atoms. The molecule has 9 nitrogen and oxygen atoms in total. The summed E-state index contributed by atoms with van der Waals surface area (Å²) in [5.41, 5.74) is 7.73. The summed E-state index contributed by atoms with van der Waals surface area (Å²) in [4.78, 5) is 28.4. The van der Waals surface area contributed by atoms with Gasteiger partial charge in [-0.05, 0) is 31.2 Å². The first-order chi connectivity index (χ1) is 14.9. The van der Waals surface area contributed by atoms with Crippen LogP contribution in [0.25, 0.3) is 16.6 Å². The summed E-state index contributed by atoms with van der Waals surface area (Å²) in [6.07, 6.45) is 1.84. The van der Waals surface area contributed by atoms with Gasteiger partial charge in [-0.1, -0.05) is 17.9 Å². The highest BCUT2D eigenvalue weighted by atomic mass is 16.3. The zero-order valence-electron chi connectivity index (χ0n) is 17.4. The molecule has 0 unspecified atom stereocenters. The number of anilines is 1. The average molecular weight is 420 g/mol. The van der Waals surface area contributed by atoms with Gasteiger partial charge in [-0.3, -0.25) is 9.59 Å². The third-order valence-electron chi connectivity index (χ3n) is 4.58. The fraction of sp³-hybridized carbons (Fsp3) is 0.273. The summed E-state index contributed by atoms with van der Waals surface area (Å²) < 4.78 is 1.62. The molecule has 2 amide bonds. The lowest BCUT2D eigenvalue weighted by molar-refractivity contribution is -0.117. The summed E-state index contributed by atoms with van der Waals surface area (Å²) in [6.45, 7) is 2.98. The number of nitrogens with two attached hydrogens (primary N) is 1. The van der Waals surface area contributed by atoms with Crippen molar-refractivity contribution < 1.29 is 14.7 Å². The lowest BCUT2D eigenvalue weighted by Gasteiger charge is -2.10. The molecule has 0 spiro atoms. The minimum atomic E-state index is -0.855. The Balaban J connectivity index is 1.96. The SMILES string of the molecule is CCNc1nccc2c1c(C(N)=O)nn2-c1cccc(C#C[C@H](O)CCN(C)C=O)c1. The Morgan fingerprint density at radius 2 is 2.23 bits per heavy atom. The molecule has 31 heavy (non-hydrogen) atoms. The van der Waals surface area contributed by atoms with Crippen LogP contribution in [0.15, 0.2) is 36.5 Å². The molecular weight excluding hydrogens is 396 g/mol. The zero-order valence-corrected chi connectivity index (χ0v) is 17.4. The second-order valence-electron chi connectivity index (χ2n) is 6.92. The molecule has 160 valence electrons. The van der Waals surface area contributed by atoms with E-state index in [2.05, 4.69) is 27.2 Å². The van der Waals surface area contributed by atoms with E-state index in [0.29, 0.717) is 53.9 Å². The number of pyridine rings is 1. The minimum Gasteiger partial charge on any atom is -0.380 e. The second-order valence-corrected chi connectivity index (χ2v) is 6.92. The lowest BCUT2D eigenvalue weighted by atomic mass is 10.1. The number of nitrogens with one attached hydrogen (secondary N) is 1. The van der Waals surface area contributed by atoms with E-state index in [4.69, 9.17) is 5.73 Å². The van der Waals surface area contributed by atoms with E-state index in [-0.39, 0.29) is 5.69 Å². The number of hydrogen-bond donors (Lipinski definition) is 3. The number of aromatic nitrogens is 3. The molecule has 4 N–H and O–H groups in total. The van der Waals surface area contributed by atoms with E-state index in [0.717, 1.165) is 0 Å². The molecular formula is C22H24N6O3. The monoisotopic (exact) mass is 420 g/mol. The van der Waals surface area contributed by atoms with Crippen LogP contribution in [0, 0.1) is 11.8 Å². The van der Waals surface area contributed by atoms with E-state index >= 15 is 0 Å². The maximum atomic E-state index is 12.0. The van der Waals surface area contributed by atoms with Crippen molar-refractivity contribution in [2.45, 2.75) is 19.4 Å². The molecule has 0 saturated heterocycles. The van der Waals surface area contributed by atoms with Gasteiger partial charge in [0.15, 0.2) is 5.69 Å². The quantitative estimate of drug-likeness (QED) is 0.371. The fourth-order valence-electron chi connectivity index (χ4n) is 3.07. The van der Waals surface area contributed by atoms with E-state index in [9.17, 15) is 14.7 Å². The first-order valence-electron chi connectivity index (χ1n) is 9.81. The number of aliphatic hydroxyl groups excluding tert-OH is 1. The van der Waals surface area contributed by atoms with E-state index in [1.165, 1.54) is 4.90 Å². The smallest absolute Gasteiger partial charge is 0.270 e. The average Bonchev–Trinajstić information content (AvgIpc) is 3.17. The Labute approximate surface area is 179 Å². The molecule has 2 aromatic heterocycles. The summed E-state index contributed by atoms with van der Waals surface area (Å²) in [5.74, 6) is 5.62. The van der Waals surface area contributed by atoms with Crippen molar-refractivity contribution in [2.75, 3.05) is 25.5 Å². The highest BCUT2D eigenvalue weighted by molar-refractivity contribution is 6.08. The Bertz CT molecular complexity index is 1160. The van der Waals surface area contributed by atoms with Gasteiger partial charge in [-0.2, -0.15) is 5.10 Å². The standard InChI is InChI=1S/C22H24N6O3/c1-3-24-22-19-18(9-11-25-22)28(26-20(19)21(23)31)16-6-4-5-15(13-16)7-8-17(30)10-12-27(2)14-29/h4-6,9,11,13-14,17,30H,3,10,12H2,1-2H3,(H2,23,31)(H,24,25)/t17-/m0/s1. The molecule has 0 radical (unpaired) electrons. The van der Waals surface area contributed by atoms with Crippen molar-refractivity contribution in [3.8, 4) is 17.5 Å². The van der Waals surface area contributed by atoms with Gasteiger partial charge >= 0.3 is 0 Å². The van der Waals surface area contributed by atoms with Crippen molar-refractivity contribution in [3.05, 3.63) is 47.8 Å². The van der Waals surface area contributed by atoms with Crippen LogP contribution in [0.4, 0.5) is 5.82 Å². The molecule has 0 fully saturated rings. The molecule has 3 rings (SSSR count). The van der Waals surface area contributed by atoms with Crippen LogP contribution in [-0.4, -0.2) is 63.3 Å². The third kappa shape index (κ3) is 4.99. The summed E-state index contributed by atoms with van der Waals surface area (Å²) in [5, 5.41) is 18.1. The van der Waals surface area contributed by atoms with Crippen molar-refractivity contribution in [3.63, 3.8) is 0 Å². The van der Waals surface area contributed by atoms with Crippen molar-refractivity contribution in [1.29, 1.82) is 0 Å². The topological polar surface area (TPSA) is 126 Å². The van der Waals surface area contributed by atoms with Crippen LogP contribution in [0.5, 0.6) is 0 Å². The van der Waals surface area contributed by atoms with E-state index < -0.39 is 12.0 Å². The van der Waals surface area contributed by atoms with Gasteiger partial charge in [0.2, 0.25) is 6.41 Å². The number of hydrogen-bond acceptors (Lipinski definition) is 6. The number of rotatable bonds is 8. The molecule has 2 heterocycles. The summed E-state index contributed by atoms with van der Waals surface area (Å²) >= 11 is 0. The molecule has 9 heteroatoms. The number of primary amides is 1. The molecule has 0 saturated carbocycles.